The summed E-state index contributed by atoms with van der Waals surface area (Å²) in [6, 6.07) is 7.41. The van der Waals surface area contributed by atoms with Crippen molar-refractivity contribution in [2.45, 2.75) is 19.8 Å². The quantitative estimate of drug-likeness (QED) is 0.910. The van der Waals surface area contributed by atoms with Gasteiger partial charge in [-0.1, -0.05) is 18.5 Å². The van der Waals surface area contributed by atoms with Crippen molar-refractivity contribution in [1.82, 2.24) is 0 Å². The number of hydrogen-bond acceptors (Lipinski definition) is 3. The van der Waals surface area contributed by atoms with Crippen molar-refractivity contribution in [3.05, 3.63) is 28.8 Å². The second-order valence-electron chi connectivity index (χ2n) is 5.08. The first-order valence-electron chi connectivity index (χ1n) is 6.14. The van der Waals surface area contributed by atoms with Crippen LogP contribution in [0.3, 0.4) is 0 Å². The Labute approximate surface area is 113 Å². The molecule has 0 bridgehead atoms. The Balaban J connectivity index is 2.00. The molecule has 2 rings (SSSR count). The molecule has 0 atom stereocenters. The van der Waals surface area contributed by atoms with Gasteiger partial charge in [-0.3, -0.25) is 0 Å². The van der Waals surface area contributed by atoms with Crippen LogP contribution in [0.1, 0.15) is 25.3 Å². The summed E-state index contributed by atoms with van der Waals surface area (Å²) in [6.45, 7) is 4.81. The second kappa shape index (κ2) is 5.60. The SMILES string of the molecule is CC1(CNc2ccc(C#N)cc2Cl)CCOCC1. The Morgan fingerprint density at radius 1 is 1.44 bits per heavy atom. The highest BCUT2D eigenvalue weighted by Gasteiger charge is 2.27. The summed E-state index contributed by atoms with van der Waals surface area (Å²) in [7, 11) is 0. The Kier molecular flexibility index (Phi) is 4.11. The van der Waals surface area contributed by atoms with Crippen molar-refractivity contribution in [1.29, 1.82) is 5.26 Å². The molecule has 96 valence electrons. The van der Waals surface area contributed by atoms with Gasteiger partial charge in [0.05, 0.1) is 22.3 Å². The normalized spacial score (nSPS) is 18.1. The summed E-state index contributed by atoms with van der Waals surface area (Å²) < 4.78 is 5.38. The number of nitrogens with one attached hydrogen (secondary N) is 1. The molecule has 1 saturated heterocycles. The van der Waals surface area contributed by atoms with E-state index >= 15 is 0 Å². The molecule has 3 nitrogen and oxygen atoms in total. The molecule has 0 saturated carbocycles. The van der Waals surface area contributed by atoms with Gasteiger partial charge in [0.2, 0.25) is 0 Å². The summed E-state index contributed by atoms with van der Waals surface area (Å²) >= 11 is 6.13. The smallest absolute Gasteiger partial charge is 0.0992 e. The first-order valence-corrected chi connectivity index (χ1v) is 6.52. The molecule has 0 radical (unpaired) electrons. The summed E-state index contributed by atoms with van der Waals surface area (Å²) in [5, 5.41) is 12.8. The summed E-state index contributed by atoms with van der Waals surface area (Å²) in [6.07, 6.45) is 2.13. The highest BCUT2D eigenvalue weighted by molar-refractivity contribution is 6.33. The number of ether oxygens (including phenoxy) is 1. The van der Waals surface area contributed by atoms with E-state index in [9.17, 15) is 0 Å². The molecule has 1 aliphatic rings. The zero-order valence-corrected chi connectivity index (χ0v) is 11.3. The third-order valence-electron chi connectivity index (χ3n) is 3.50. The fourth-order valence-corrected chi connectivity index (χ4v) is 2.32. The molecule has 1 aliphatic heterocycles. The van der Waals surface area contributed by atoms with Crippen LogP contribution in [0.5, 0.6) is 0 Å². The first-order chi connectivity index (χ1) is 8.63. The van der Waals surface area contributed by atoms with Crippen LogP contribution in [0.15, 0.2) is 18.2 Å². The van der Waals surface area contributed by atoms with Crippen molar-refractivity contribution in [3.8, 4) is 6.07 Å². The van der Waals surface area contributed by atoms with Gasteiger partial charge in [0.25, 0.3) is 0 Å². The number of nitrogens with zero attached hydrogens (tertiary/aromatic N) is 1. The van der Waals surface area contributed by atoms with Gasteiger partial charge >= 0.3 is 0 Å². The largest absolute Gasteiger partial charge is 0.383 e. The van der Waals surface area contributed by atoms with Crippen molar-refractivity contribution in [2.75, 3.05) is 25.1 Å². The van der Waals surface area contributed by atoms with E-state index in [1.165, 1.54) is 0 Å². The maximum atomic E-state index is 8.78. The van der Waals surface area contributed by atoms with E-state index < -0.39 is 0 Å². The average Bonchev–Trinajstić information content (AvgIpc) is 2.38. The van der Waals surface area contributed by atoms with E-state index in [1.807, 2.05) is 6.07 Å². The Bertz CT molecular complexity index is 461. The molecule has 0 amide bonds. The van der Waals surface area contributed by atoms with Gasteiger partial charge < -0.3 is 10.1 Å². The van der Waals surface area contributed by atoms with Crippen LogP contribution >= 0.6 is 11.6 Å². The molecular weight excluding hydrogens is 248 g/mol. The molecule has 1 heterocycles. The predicted molar refractivity (Wildman–Crippen MR) is 72.8 cm³/mol. The molecule has 0 aliphatic carbocycles. The Morgan fingerprint density at radius 3 is 2.78 bits per heavy atom. The number of rotatable bonds is 3. The fourth-order valence-electron chi connectivity index (χ4n) is 2.08. The third-order valence-corrected chi connectivity index (χ3v) is 3.82. The summed E-state index contributed by atoms with van der Waals surface area (Å²) in [5.74, 6) is 0. The van der Waals surface area contributed by atoms with E-state index in [0.29, 0.717) is 10.6 Å². The molecular formula is C14H17ClN2O. The van der Waals surface area contributed by atoms with Gasteiger partial charge in [-0.2, -0.15) is 5.26 Å². The number of hydrogen-bond donors (Lipinski definition) is 1. The Hall–Kier alpha value is -1.24. The molecule has 1 aromatic rings. The van der Waals surface area contributed by atoms with Gasteiger partial charge in [-0.15, -0.1) is 0 Å². The maximum Gasteiger partial charge on any atom is 0.0992 e. The summed E-state index contributed by atoms with van der Waals surface area (Å²) in [4.78, 5) is 0. The monoisotopic (exact) mass is 264 g/mol. The van der Waals surface area contributed by atoms with Gasteiger partial charge in [-0.05, 0) is 36.5 Å². The van der Waals surface area contributed by atoms with Crippen LogP contribution in [-0.4, -0.2) is 19.8 Å². The first kappa shape index (κ1) is 13.2. The number of halogens is 1. The van der Waals surface area contributed by atoms with Crippen molar-refractivity contribution in [2.24, 2.45) is 5.41 Å². The van der Waals surface area contributed by atoms with Gasteiger partial charge in [0, 0.05) is 19.8 Å². The molecule has 0 spiro atoms. The summed E-state index contributed by atoms with van der Waals surface area (Å²) in [5.41, 5.74) is 1.74. The van der Waals surface area contributed by atoms with Gasteiger partial charge in [0.15, 0.2) is 0 Å². The lowest BCUT2D eigenvalue weighted by Crippen LogP contribution is -2.33. The van der Waals surface area contributed by atoms with E-state index in [0.717, 1.165) is 38.3 Å². The zero-order valence-electron chi connectivity index (χ0n) is 10.5. The van der Waals surface area contributed by atoms with Crippen LogP contribution in [0.25, 0.3) is 0 Å². The minimum absolute atomic E-state index is 0.259. The van der Waals surface area contributed by atoms with Crippen LogP contribution < -0.4 is 5.32 Å². The molecule has 4 heteroatoms. The molecule has 1 fully saturated rings. The second-order valence-corrected chi connectivity index (χ2v) is 5.49. The highest BCUT2D eigenvalue weighted by Crippen LogP contribution is 2.31. The lowest BCUT2D eigenvalue weighted by atomic mass is 9.82. The lowest BCUT2D eigenvalue weighted by Gasteiger charge is -2.34. The maximum absolute atomic E-state index is 8.78. The minimum Gasteiger partial charge on any atom is -0.383 e. The lowest BCUT2D eigenvalue weighted by molar-refractivity contribution is 0.0300. The van der Waals surface area contributed by atoms with Gasteiger partial charge in [0.1, 0.15) is 0 Å². The molecule has 0 aromatic heterocycles. The minimum atomic E-state index is 0.259. The van der Waals surface area contributed by atoms with Crippen LogP contribution in [-0.2, 0) is 4.74 Å². The number of benzene rings is 1. The van der Waals surface area contributed by atoms with Crippen LogP contribution in [0.4, 0.5) is 5.69 Å². The molecule has 1 N–H and O–H groups in total. The predicted octanol–water partition coefficient (Wildman–Crippen LogP) is 3.44. The van der Waals surface area contributed by atoms with E-state index in [4.69, 9.17) is 21.6 Å². The molecule has 18 heavy (non-hydrogen) atoms. The number of anilines is 1. The Morgan fingerprint density at radius 2 is 2.17 bits per heavy atom. The van der Waals surface area contributed by atoms with E-state index in [-0.39, 0.29) is 5.41 Å². The van der Waals surface area contributed by atoms with Crippen molar-refractivity contribution < 1.29 is 4.74 Å². The number of nitriles is 1. The zero-order chi connectivity index (χ0) is 13.0. The highest BCUT2D eigenvalue weighted by atomic mass is 35.5. The van der Waals surface area contributed by atoms with Crippen LogP contribution in [0.2, 0.25) is 5.02 Å². The molecule has 0 unspecified atom stereocenters. The van der Waals surface area contributed by atoms with Crippen molar-refractivity contribution in [3.63, 3.8) is 0 Å². The average molecular weight is 265 g/mol. The topological polar surface area (TPSA) is 45.0 Å². The van der Waals surface area contributed by atoms with E-state index in [1.54, 1.807) is 12.1 Å². The van der Waals surface area contributed by atoms with Gasteiger partial charge in [-0.25, -0.2) is 0 Å². The van der Waals surface area contributed by atoms with Crippen molar-refractivity contribution >= 4 is 17.3 Å². The molecule has 1 aromatic carbocycles. The van der Waals surface area contributed by atoms with E-state index in [2.05, 4.69) is 18.3 Å². The third kappa shape index (κ3) is 3.16. The standard InChI is InChI=1S/C14H17ClN2O/c1-14(4-6-18-7-5-14)10-17-13-3-2-11(9-16)8-12(13)15/h2-3,8,17H,4-7,10H2,1H3. The van der Waals surface area contributed by atoms with Crippen LogP contribution in [0, 0.1) is 16.7 Å². The fraction of sp³-hybridized carbons (Fsp3) is 0.500.